The minimum absolute atomic E-state index is 0.366. The average Bonchev–Trinajstić information content (AvgIpc) is 2.04. The van der Waals surface area contributed by atoms with Gasteiger partial charge in [0.05, 0.1) is 6.61 Å². The molecule has 0 aliphatic carbocycles. The zero-order valence-corrected chi connectivity index (χ0v) is 10.6. The first-order valence-electron chi connectivity index (χ1n) is 3.63. The monoisotopic (exact) mass is 355 g/mol. The summed E-state index contributed by atoms with van der Waals surface area (Å²) in [5.41, 5.74) is 0.366. The van der Waals surface area contributed by atoms with Gasteiger partial charge in [0.25, 0.3) is 0 Å². The molecule has 0 spiro atoms. The van der Waals surface area contributed by atoms with Crippen LogP contribution in [0.5, 0.6) is 0 Å². The van der Waals surface area contributed by atoms with Crippen LogP contribution in [0.2, 0.25) is 0 Å². The van der Waals surface area contributed by atoms with Crippen LogP contribution in [0.3, 0.4) is 0 Å². The Hall–Kier alpha value is -0.170. The number of ether oxygens (including phenoxy) is 1. The second-order valence-corrected chi connectivity index (χ2v) is 4.28. The Kier molecular flexibility index (Phi) is 4.11. The third-order valence-electron chi connectivity index (χ3n) is 1.28. The summed E-state index contributed by atoms with van der Waals surface area (Å²) in [6, 6.07) is 1.82. The third kappa shape index (κ3) is 2.91. The normalized spacial score (nSPS) is 9.77. The van der Waals surface area contributed by atoms with E-state index < -0.39 is 0 Å². The Morgan fingerprint density at radius 2 is 2.46 bits per heavy atom. The first kappa shape index (κ1) is 10.9. The van der Waals surface area contributed by atoms with Crippen LogP contribution < -0.4 is 0 Å². The molecule has 70 valence electrons. The summed E-state index contributed by atoms with van der Waals surface area (Å²) in [5, 5.41) is 0. The van der Waals surface area contributed by atoms with Crippen LogP contribution >= 0.6 is 38.5 Å². The van der Waals surface area contributed by atoms with Gasteiger partial charge in [-0.2, -0.15) is 0 Å². The van der Waals surface area contributed by atoms with Crippen LogP contribution in [-0.4, -0.2) is 17.6 Å². The van der Waals surface area contributed by atoms with Crippen molar-refractivity contribution in [3.8, 4) is 0 Å². The van der Waals surface area contributed by atoms with E-state index in [0.29, 0.717) is 12.3 Å². The molecule has 0 aliphatic rings. The zero-order valence-electron chi connectivity index (χ0n) is 6.88. The molecule has 0 fully saturated rings. The van der Waals surface area contributed by atoms with Gasteiger partial charge in [-0.05, 0) is 51.5 Å². The molecule has 0 radical (unpaired) electrons. The molecule has 1 heterocycles. The molecule has 0 saturated heterocycles. The van der Waals surface area contributed by atoms with Crippen molar-refractivity contribution >= 4 is 44.5 Å². The largest absolute Gasteiger partial charge is 0.461 e. The van der Waals surface area contributed by atoms with Crippen molar-refractivity contribution in [2.24, 2.45) is 0 Å². The number of rotatable bonds is 2. The summed E-state index contributed by atoms with van der Waals surface area (Å²) in [6.07, 6.45) is 1.58. The number of hydrogen-bond donors (Lipinski definition) is 0. The van der Waals surface area contributed by atoms with E-state index in [1.54, 1.807) is 13.1 Å². The molecule has 13 heavy (non-hydrogen) atoms. The lowest BCUT2D eigenvalue weighted by atomic mass is 10.3. The van der Waals surface area contributed by atoms with Gasteiger partial charge in [0.15, 0.2) is 5.69 Å². The number of pyridine rings is 1. The van der Waals surface area contributed by atoms with Gasteiger partial charge in [-0.25, -0.2) is 9.78 Å². The molecule has 0 N–H and O–H groups in total. The molecule has 0 amide bonds. The number of esters is 1. The molecular weight excluding hydrogens is 349 g/mol. The highest BCUT2D eigenvalue weighted by molar-refractivity contribution is 14.1. The fourth-order valence-corrected chi connectivity index (χ4v) is 2.22. The van der Waals surface area contributed by atoms with E-state index in [0.717, 1.165) is 8.04 Å². The third-order valence-corrected chi connectivity index (χ3v) is 2.53. The van der Waals surface area contributed by atoms with Crippen molar-refractivity contribution < 1.29 is 9.53 Å². The average molecular weight is 356 g/mol. The summed E-state index contributed by atoms with van der Waals surface area (Å²) in [4.78, 5) is 15.2. The molecule has 1 rings (SSSR count). The lowest BCUT2D eigenvalue weighted by Crippen LogP contribution is -2.08. The van der Waals surface area contributed by atoms with Crippen LogP contribution in [0.4, 0.5) is 0 Å². The molecule has 0 bridgehead atoms. The smallest absolute Gasteiger partial charge is 0.358 e. The van der Waals surface area contributed by atoms with Crippen molar-refractivity contribution in [2.75, 3.05) is 6.61 Å². The summed E-state index contributed by atoms with van der Waals surface area (Å²) in [7, 11) is 0. The molecule has 0 atom stereocenters. The van der Waals surface area contributed by atoms with Crippen LogP contribution in [0.25, 0.3) is 0 Å². The maximum atomic E-state index is 11.3. The number of carbonyl (C=O) groups excluding carboxylic acids is 1. The van der Waals surface area contributed by atoms with Crippen molar-refractivity contribution in [3.05, 3.63) is 26.0 Å². The van der Waals surface area contributed by atoms with E-state index in [-0.39, 0.29) is 5.97 Å². The van der Waals surface area contributed by atoms with Gasteiger partial charge < -0.3 is 4.74 Å². The predicted octanol–water partition coefficient (Wildman–Crippen LogP) is 2.63. The van der Waals surface area contributed by atoms with E-state index in [1.807, 2.05) is 28.7 Å². The van der Waals surface area contributed by atoms with Gasteiger partial charge in [0.2, 0.25) is 0 Å². The second kappa shape index (κ2) is 4.90. The second-order valence-electron chi connectivity index (χ2n) is 2.20. The lowest BCUT2D eigenvalue weighted by molar-refractivity contribution is 0.0518. The quantitative estimate of drug-likeness (QED) is 0.604. The fourth-order valence-electron chi connectivity index (χ4n) is 0.764. The summed E-state index contributed by atoms with van der Waals surface area (Å²) < 4.78 is 6.46. The van der Waals surface area contributed by atoms with Gasteiger partial charge in [0, 0.05) is 14.2 Å². The molecular formula is C8H7BrINO2. The van der Waals surface area contributed by atoms with Crippen LogP contribution in [-0.2, 0) is 4.74 Å². The molecule has 0 aliphatic heterocycles. The van der Waals surface area contributed by atoms with Gasteiger partial charge >= 0.3 is 5.97 Å². The van der Waals surface area contributed by atoms with E-state index in [4.69, 9.17) is 4.74 Å². The maximum Gasteiger partial charge on any atom is 0.358 e. The van der Waals surface area contributed by atoms with E-state index >= 15 is 0 Å². The van der Waals surface area contributed by atoms with Gasteiger partial charge in [0.1, 0.15) is 0 Å². The van der Waals surface area contributed by atoms with E-state index in [1.165, 1.54) is 0 Å². The Morgan fingerprint density at radius 1 is 1.77 bits per heavy atom. The van der Waals surface area contributed by atoms with Crippen molar-refractivity contribution in [1.82, 2.24) is 4.98 Å². The first-order valence-corrected chi connectivity index (χ1v) is 5.50. The molecule has 3 nitrogen and oxygen atoms in total. The summed E-state index contributed by atoms with van der Waals surface area (Å²) in [6.45, 7) is 2.14. The molecule has 1 aromatic rings. The fraction of sp³-hybridized carbons (Fsp3) is 0.250. The number of aromatic nitrogens is 1. The van der Waals surface area contributed by atoms with Crippen LogP contribution in [0.1, 0.15) is 17.4 Å². The van der Waals surface area contributed by atoms with Crippen molar-refractivity contribution in [1.29, 1.82) is 0 Å². The maximum absolute atomic E-state index is 11.3. The van der Waals surface area contributed by atoms with Gasteiger partial charge in [-0.3, -0.25) is 0 Å². The number of carbonyl (C=O) groups is 1. The van der Waals surface area contributed by atoms with E-state index in [9.17, 15) is 4.79 Å². The SMILES string of the molecule is CCOC(=O)c1ncc(Br)cc1I. The van der Waals surface area contributed by atoms with Crippen molar-refractivity contribution in [2.45, 2.75) is 6.92 Å². The number of nitrogens with zero attached hydrogens (tertiary/aromatic N) is 1. The lowest BCUT2D eigenvalue weighted by Gasteiger charge is -2.02. The standard InChI is InChI=1S/C8H7BrINO2/c1-2-13-8(12)7-6(10)3-5(9)4-11-7/h3-4H,2H2,1H3. The van der Waals surface area contributed by atoms with Crippen LogP contribution in [0.15, 0.2) is 16.7 Å². The minimum Gasteiger partial charge on any atom is -0.461 e. The summed E-state index contributed by atoms with van der Waals surface area (Å²) >= 11 is 5.31. The Balaban J connectivity index is 2.95. The first-order chi connectivity index (χ1) is 6.15. The Morgan fingerprint density at radius 3 is 3.00 bits per heavy atom. The topological polar surface area (TPSA) is 39.2 Å². The number of halogens is 2. The summed E-state index contributed by atoms with van der Waals surface area (Å²) in [5.74, 6) is -0.376. The van der Waals surface area contributed by atoms with E-state index in [2.05, 4.69) is 20.9 Å². The molecule has 0 saturated carbocycles. The number of hydrogen-bond acceptors (Lipinski definition) is 3. The Labute approximate surface area is 98.2 Å². The molecule has 0 aromatic carbocycles. The molecule has 1 aromatic heterocycles. The highest BCUT2D eigenvalue weighted by Crippen LogP contribution is 2.16. The zero-order chi connectivity index (χ0) is 9.84. The highest BCUT2D eigenvalue weighted by Gasteiger charge is 2.12. The van der Waals surface area contributed by atoms with Gasteiger partial charge in [-0.1, -0.05) is 0 Å². The minimum atomic E-state index is -0.376. The Bertz CT molecular complexity index is 330. The molecule has 5 heteroatoms. The highest BCUT2D eigenvalue weighted by atomic mass is 127. The molecule has 0 unspecified atom stereocenters. The van der Waals surface area contributed by atoms with Gasteiger partial charge in [-0.15, -0.1) is 0 Å². The predicted molar refractivity (Wildman–Crippen MR) is 60.6 cm³/mol. The van der Waals surface area contributed by atoms with Crippen LogP contribution in [0, 0.1) is 3.57 Å². The van der Waals surface area contributed by atoms with Crippen molar-refractivity contribution in [3.63, 3.8) is 0 Å².